The molecule has 5 heteroatoms. The van der Waals surface area contributed by atoms with Gasteiger partial charge >= 0.3 is 0 Å². The normalized spacial score (nSPS) is 25.7. The summed E-state index contributed by atoms with van der Waals surface area (Å²) >= 11 is 0. The maximum absolute atomic E-state index is 12.9. The highest BCUT2D eigenvalue weighted by Gasteiger charge is 2.34. The highest BCUT2D eigenvalue weighted by molar-refractivity contribution is 5.95. The minimum atomic E-state index is -0.183. The number of nitrogens with zero attached hydrogens (tertiary/aromatic N) is 3. The summed E-state index contributed by atoms with van der Waals surface area (Å²) in [5.41, 5.74) is 3.07. The first-order valence-corrected chi connectivity index (χ1v) is 9.30. The second kappa shape index (κ2) is 6.89. The number of aromatic nitrogens is 1. The Kier molecular flexibility index (Phi) is 5.02. The topological polar surface area (TPSA) is 48.7 Å². The van der Waals surface area contributed by atoms with Crippen molar-refractivity contribution in [3.8, 4) is 0 Å². The Labute approximate surface area is 145 Å². The van der Waals surface area contributed by atoms with E-state index in [0.717, 1.165) is 62.4 Å². The molecule has 1 aromatic rings. The molecule has 2 aliphatic rings. The van der Waals surface area contributed by atoms with Crippen LogP contribution in [0.3, 0.4) is 0 Å². The van der Waals surface area contributed by atoms with E-state index in [1.165, 1.54) is 0 Å². The molecule has 0 spiro atoms. The van der Waals surface area contributed by atoms with Gasteiger partial charge in [-0.15, -0.1) is 0 Å². The predicted octanol–water partition coefficient (Wildman–Crippen LogP) is 2.36. The number of piperazine rings is 1. The second-order valence-electron chi connectivity index (χ2n) is 7.64. The number of carbonyl (C=O) groups excluding carboxylic acids is 1. The minimum Gasteiger partial charge on any atom is -0.391 e. The van der Waals surface area contributed by atoms with Crippen molar-refractivity contribution in [1.29, 1.82) is 0 Å². The molecule has 134 valence electrons. The lowest BCUT2D eigenvalue weighted by molar-refractivity contribution is 0.0315. The van der Waals surface area contributed by atoms with Crippen molar-refractivity contribution in [2.24, 2.45) is 0 Å². The van der Waals surface area contributed by atoms with Gasteiger partial charge in [0, 0.05) is 49.7 Å². The van der Waals surface area contributed by atoms with Gasteiger partial charge in [0.1, 0.15) is 0 Å². The fourth-order valence-electron chi connectivity index (χ4n) is 4.56. The number of aliphatic hydroxyl groups is 1. The molecule has 2 heterocycles. The quantitative estimate of drug-likeness (QED) is 0.924. The van der Waals surface area contributed by atoms with E-state index in [0.29, 0.717) is 12.1 Å². The highest BCUT2D eigenvalue weighted by Crippen LogP contribution is 2.26. The third-order valence-electron chi connectivity index (χ3n) is 5.75. The van der Waals surface area contributed by atoms with Gasteiger partial charge in [0.15, 0.2) is 0 Å². The van der Waals surface area contributed by atoms with Crippen molar-refractivity contribution in [2.45, 2.75) is 65.1 Å². The van der Waals surface area contributed by atoms with Crippen LogP contribution in [0.5, 0.6) is 0 Å². The Morgan fingerprint density at radius 1 is 1.17 bits per heavy atom. The van der Waals surface area contributed by atoms with Gasteiger partial charge in [-0.25, -0.2) is 0 Å². The van der Waals surface area contributed by atoms with E-state index in [4.69, 9.17) is 0 Å². The van der Waals surface area contributed by atoms with Crippen molar-refractivity contribution in [2.75, 3.05) is 26.2 Å². The number of hydrogen-bond acceptors (Lipinski definition) is 3. The number of aryl methyl sites for hydroxylation is 1. The summed E-state index contributed by atoms with van der Waals surface area (Å²) in [7, 11) is 0. The van der Waals surface area contributed by atoms with E-state index < -0.39 is 0 Å². The molecular weight excluding hydrogens is 302 g/mol. The lowest BCUT2D eigenvalue weighted by Crippen LogP contribution is -2.53. The zero-order valence-corrected chi connectivity index (χ0v) is 15.5. The standard InChI is InChI=1S/C19H31N3O2/c1-13(2)22-14(3)12-16(15(22)4)19(24)21-10-8-20(9-11-21)17-6-5-7-18(17)23/h12-13,17-18,23H,5-11H2,1-4H3/t17-,18-/m0/s1. The average molecular weight is 333 g/mol. The molecule has 1 aliphatic carbocycles. The zero-order chi connectivity index (χ0) is 17.4. The molecule has 1 saturated heterocycles. The molecule has 0 radical (unpaired) electrons. The number of aliphatic hydroxyl groups excluding tert-OH is 1. The maximum atomic E-state index is 12.9. The Hall–Kier alpha value is -1.33. The van der Waals surface area contributed by atoms with Crippen LogP contribution in [0.4, 0.5) is 0 Å². The molecule has 1 aromatic heterocycles. The summed E-state index contributed by atoms with van der Waals surface area (Å²) in [5, 5.41) is 10.1. The Morgan fingerprint density at radius 3 is 2.33 bits per heavy atom. The molecule has 0 aromatic carbocycles. The van der Waals surface area contributed by atoms with E-state index in [2.05, 4.69) is 30.2 Å². The van der Waals surface area contributed by atoms with Crippen LogP contribution in [0, 0.1) is 13.8 Å². The van der Waals surface area contributed by atoms with Gasteiger partial charge in [-0.1, -0.05) is 0 Å². The summed E-state index contributed by atoms with van der Waals surface area (Å²) in [5.74, 6) is 0.154. The molecule has 0 bridgehead atoms. The third-order valence-corrected chi connectivity index (χ3v) is 5.75. The molecular formula is C19H31N3O2. The van der Waals surface area contributed by atoms with Gasteiger partial charge in [-0.3, -0.25) is 9.69 Å². The molecule has 2 atom stereocenters. The molecule has 1 N–H and O–H groups in total. The van der Waals surface area contributed by atoms with Crippen LogP contribution in [-0.2, 0) is 0 Å². The van der Waals surface area contributed by atoms with Crippen LogP contribution < -0.4 is 0 Å². The number of rotatable bonds is 3. The second-order valence-corrected chi connectivity index (χ2v) is 7.64. The molecule has 1 amide bonds. The van der Waals surface area contributed by atoms with Crippen LogP contribution in [0.2, 0.25) is 0 Å². The molecule has 24 heavy (non-hydrogen) atoms. The molecule has 2 fully saturated rings. The van der Waals surface area contributed by atoms with E-state index in [9.17, 15) is 9.90 Å². The molecule has 1 aliphatic heterocycles. The van der Waals surface area contributed by atoms with Crippen molar-refractivity contribution >= 4 is 5.91 Å². The van der Waals surface area contributed by atoms with Crippen LogP contribution in [0.1, 0.15) is 60.9 Å². The zero-order valence-electron chi connectivity index (χ0n) is 15.5. The lowest BCUT2D eigenvalue weighted by Gasteiger charge is -2.39. The molecule has 5 nitrogen and oxygen atoms in total. The van der Waals surface area contributed by atoms with Gasteiger partial charge in [-0.2, -0.15) is 0 Å². The minimum absolute atomic E-state index is 0.154. The Morgan fingerprint density at radius 2 is 1.83 bits per heavy atom. The molecule has 3 rings (SSSR count). The van der Waals surface area contributed by atoms with E-state index in [1.807, 2.05) is 17.9 Å². The average Bonchev–Trinajstić information content (AvgIpc) is 3.10. The smallest absolute Gasteiger partial charge is 0.255 e. The first-order chi connectivity index (χ1) is 11.4. The van der Waals surface area contributed by atoms with Crippen molar-refractivity contribution in [1.82, 2.24) is 14.4 Å². The number of hydrogen-bond donors (Lipinski definition) is 1. The third kappa shape index (κ3) is 3.11. The van der Waals surface area contributed by atoms with Crippen molar-refractivity contribution in [3.05, 3.63) is 23.0 Å². The predicted molar refractivity (Wildman–Crippen MR) is 95.4 cm³/mol. The summed E-state index contributed by atoms with van der Waals surface area (Å²) in [6, 6.07) is 2.70. The van der Waals surface area contributed by atoms with Gasteiger partial charge in [0.05, 0.1) is 11.7 Å². The van der Waals surface area contributed by atoms with Crippen molar-refractivity contribution < 1.29 is 9.90 Å². The van der Waals surface area contributed by atoms with Gasteiger partial charge in [0.2, 0.25) is 0 Å². The maximum Gasteiger partial charge on any atom is 0.255 e. The Bertz CT molecular complexity index is 600. The fourth-order valence-corrected chi connectivity index (χ4v) is 4.56. The van der Waals surface area contributed by atoms with Gasteiger partial charge < -0.3 is 14.6 Å². The summed E-state index contributed by atoms with van der Waals surface area (Å²) in [6.07, 6.45) is 2.94. The van der Waals surface area contributed by atoms with Crippen molar-refractivity contribution in [3.63, 3.8) is 0 Å². The monoisotopic (exact) mass is 333 g/mol. The first kappa shape index (κ1) is 17.5. The van der Waals surface area contributed by atoms with Gasteiger partial charge in [0.25, 0.3) is 5.91 Å². The Balaban J connectivity index is 1.66. The first-order valence-electron chi connectivity index (χ1n) is 9.30. The van der Waals surface area contributed by atoms with Crippen LogP contribution in [0.15, 0.2) is 6.07 Å². The fraction of sp³-hybridized carbons (Fsp3) is 0.737. The SMILES string of the molecule is Cc1cc(C(=O)N2CCN([C@H]3CCC[C@@H]3O)CC2)c(C)n1C(C)C. The number of amides is 1. The van der Waals surface area contributed by atoms with E-state index in [-0.39, 0.29) is 12.0 Å². The van der Waals surface area contributed by atoms with E-state index in [1.54, 1.807) is 0 Å². The van der Waals surface area contributed by atoms with Crippen LogP contribution in [0.25, 0.3) is 0 Å². The number of carbonyl (C=O) groups is 1. The van der Waals surface area contributed by atoms with E-state index >= 15 is 0 Å². The van der Waals surface area contributed by atoms with Crippen LogP contribution in [-0.4, -0.2) is 63.7 Å². The van der Waals surface area contributed by atoms with Gasteiger partial charge in [-0.05, 0) is 53.0 Å². The summed E-state index contributed by atoms with van der Waals surface area (Å²) in [6.45, 7) is 11.7. The summed E-state index contributed by atoms with van der Waals surface area (Å²) in [4.78, 5) is 17.3. The molecule has 0 unspecified atom stereocenters. The highest BCUT2D eigenvalue weighted by atomic mass is 16.3. The summed E-state index contributed by atoms with van der Waals surface area (Å²) < 4.78 is 2.23. The largest absolute Gasteiger partial charge is 0.391 e. The lowest BCUT2D eigenvalue weighted by atomic mass is 10.1. The molecule has 1 saturated carbocycles. The van der Waals surface area contributed by atoms with Crippen LogP contribution >= 0.6 is 0 Å².